The molecule has 0 aliphatic carbocycles. The van der Waals surface area contributed by atoms with Gasteiger partial charge in [-0.2, -0.15) is 0 Å². The van der Waals surface area contributed by atoms with E-state index in [4.69, 9.17) is 11.6 Å². The van der Waals surface area contributed by atoms with Gasteiger partial charge in [-0.15, -0.1) is 0 Å². The molecule has 4 nitrogen and oxygen atoms in total. The second kappa shape index (κ2) is 4.59. The Morgan fingerprint density at radius 2 is 1.88 bits per heavy atom. The van der Waals surface area contributed by atoms with Gasteiger partial charge in [0.2, 0.25) is 0 Å². The largest absolute Gasteiger partial charge is 0.392 e. The molecule has 1 saturated heterocycles. The van der Waals surface area contributed by atoms with E-state index in [2.05, 4.69) is 0 Å². The van der Waals surface area contributed by atoms with E-state index >= 15 is 0 Å². The zero-order valence-electron chi connectivity index (χ0n) is 8.67. The fourth-order valence-corrected chi connectivity index (χ4v) is 2.20. The first kappa shape index (κ1) is 11.7. The molecule has 0 radical (unpaired) electrons. The normalized spacial score (nSPS) is 25.1. The third kappa shape index (κ3) is 2.01. The zero-order valence-corrected chi connectivity index (χ0v) is 9.43. The number of aliphatic hydroxyl groups excluding tert-OH is 3. The van der Waals surface area contributed by atoms with Gasteiger partial charge in [0.25, 0.3) is 0 Å². The number of β-amino-alcohol motifs (C(OH)–C–C–N with tert-alkyl or cyclic N) is 2. The van der Waals surface area contributed by atoms with Crippen molar-refractivity contribution in [2.24, 2.45) is 0 Å². The number of nitrogens with zero attached hydrogens (tertiary/aromatic N) is 1. The summed E-state index contributed by atoms with van der Waals surface area (Å²) in [6, 6.07) is 5.32. The summed E-state index contributed by atoms with van der Waals surface area (Å²) in [5, 5.41) is 28.7. The molecular formula is C11H14ClNO3. The number of aliphatic hydroxyl groups is 3. The monoisotopic (exact) mass is 243 g/mol. The van der Waals surface area contributed by atoms with E-state index < -0.39 is 12.2 Å². The highest BCUT2D eigenvalue weighted by Crippen LogP contribution is 2.30. The number of hydrogen-bond donors (Lipinski definition) is 3. The van der Waals surface area contributed by atoms with E-state index in [1.54, 1.807) is 12.1 Å². The molecule has 2 rings (SSSR count). The summed E-state index contributed by atoms with van der Waals surface area (Å²) >= 11 is 5.97. The van der Waals surface area contributed by atoms with Crippen molar-refractivity contribution < 1.29 is 15.3 Å². The van der Waals surface area contributed by atoms with Gasteiger partial charge in [-0.3, -0.25) is 0 Å². The Kier molecular flexibility index (Phi) is 3.35. The first-order valence-electron chi connectivity index (χ1n) is 5.13. The molecule has 5 heteroatoms. The van der Waals surface area contributed by atoms with Crippen LogP contribution in [0.3, 0.4) is 0 Å². The van der Waals surface area contributed by atoms with Gasteiger partial charge in [-0.05, 0) is 12.1 Å². The zero-order chi connectivity index (χ0) is 11.7. The molecule has 3 N–H and O–H groups in total. The summed E-state index contributed by atoms with van der Waals surface area (Å²) in [6.45, 7) is 0.556. The van der Waals surface area contributed by atoms with Crippen LogP contribution in [0.25, 0.3) is 0 Å². The van der Waals surface area contributed by atoms with Gasteiger partial charge in [0.05, 0.1) is 18.8 Å². The van der Waals surface area contributed by atoms with Gasteiger partial charge in [0, 0.05) is 29.4 Å². The Hall–Kier alpha value is -0.810. The number of anilines is 1. The van der Waals surface area contributed by atoms with Crippen LogP contribution in [0.2, 0.25) is 5.02 Å². The topological polar surface area (TPSA) is 63.9 Å². The molecule has 1 heterocycles. The van der Waals surface area contributed by atoms with Gasteiger partial charge < -0.3 is 20.2 Å². The Morgan fingerprint density at radius 1 is 1.25 bits per heavy atom. The quantitative estimate of drug-likeness (QED) is 0.703. The average molecular weight is 244 g/mol. The van der Waals surface area contributed by atoms with Crippen molar-refractivity contribution >= 4 is 17.3 Å². The van der Waals surface area contributed by atoms with E-state index in [-0.39, 0.29) is 6.61 Å². The molecule has 1 aliphatic heterocycles. The molecule has 0 amide bonds. The van der Waals surface area contributed by atoms with Crippen molar-refractivity contribution in [1.82, 2.24) is 0 Å². The molecule has 0 bridgehead atoms. The van der Waals surface area contributed by atoms with E-state index in [0.29, 0.717) is 23.7 Å². The lowest BCUT2D eigenvalue weighted by molar-refractivity contribution is 0.0572. The fourth-order valence-electron chi connectivity index (χ4n) is 1.97. The molecule has 0 spiro atoms. The molecular weight excluding hydrogens is 230 g/mol. The molecule has 2 unspecified atom stereocenters. The maximum absolute atomic E-state index is 9.48. The number of halogens is 1. The first-order valence-corrected chi connectivity index (χ1v) is 5.50. The van der Waals surface area contributed by atoms with Crippen LogP contribution in [-0.2, 0) is 6.61 Å². The third-order valence-corrected chi connectivity index (χ3v) is 3.21. The van der Waals surface area contributed by atoms with E-state index in [1.165, 1.54) is 0 Å². The van der Waals surface area contributed by atoms with Gasteiger partial charge in [-0.25, -0.2) is 0 Å². The molecule has 16 heavy (non-hydrogen) atoms. The summed E-state index contributed by atoms with van der Waals surface area (Å²) < 4.78 is 0. The van der Waals surface area contributed by atoms with Crippen molar-refractivity contribution in [2.75, 3.05) is 18.0 Å². The fraction of sp³-hybridized carbons (Fsp3) is 0.455. The van der Waals surface area contributed by atoms with Crippen molar-refractivity contribution in [3.63, 3.8) is 0 Å². The van der Waals surface area contributed by atoms with E-state index in [0.717, 1.165) is 5.69 Å². The highest BCUT2D eigenvalue weighted by molar-refractivity contribution is 6.31. The Morgan fingerprint density at radius 3 is 2.44 bits per heavy atom. The lowest BCUT2D eigenvalue weighted by atomic mass is 10.1. The second-order valence-corrected chi connectivity index (χ2v) is 4.34. The number of rotatable bonds is 2. The molecule has 0 aromatic heterocycles. The Labute approximate surface area is 98.7 Å². The molecule has 1 aromatic rings. The summed E-state index contributed by atoms with van der Waals surface area (Å²) in [4.78, 5) is 1.83. The summed E-state index contributed by atoms with van der Waals surface area (Å²) in [5.74, 6) is 0. The van der Waals surface area contributed by atoms with Gasteiger partial charge in [0.15, 0.2) is 0 Å². The minimum absolute atomic E-state index is 0.155. The van der Waals surface area contributed by atoms with Crippen LogP contribution in [0.15, 0.2) is 18.2 Å². The number of benzene rings is 1. The molecule has 1 aliphatic rings. The molecule has 0 saturated carbocycles. The molecule has 88 valence electrons. The predicted octanol–water partition coefficient (Wildman–Crippen LogP) is 0.374. The predicted molar refractivity (Wildman–Crippen MR) is 61.6 cm³/mol. The van der Waals surface area contributed by atoms with Gasteiger partial charge in [0.1, 0.15) is 0 Å². The Bertz CT molecular complexity index is 375. The van der Waals surface area contributed by atoms with E-state index in [1.807, 2.05) is 11.0 Å². The third-order valence-electron chi connectivity index (χ3n) is 2.85. The van der Waals surface area contributed by atoms with Crippen LogP contribution in [0, 0.1) is 0 Å². The van der Waals surface area contributed by atoms with Crippen LogP contribution in [-0.4, -0.2) is 40.6 Å². The summed E-state index contributed by atoms with van der Waals surface area (Å²) in [7, 11) is 0. The van der Waals surface area contributed by atoms with Gasteiger partial charge in [-0.1, -0.05) is 17.7 Å². The number of hydrogen-bond acceptors (Lipinski definition) is 4. The van der Waals surface area contributed by atoms with Crippen LogP contribution >= 0.6 is 11.6 Å². The highest BCUT2D eigenvalue weighted by Gasteiger charge is 2.30. The maximum atomic E-state index is 9.48. The first-order chi connectivity index (χ1) is 7.63. The summed E-state index contributed by atoms with van der Waals surface area (Å²) in [6.07, 6.45) is -1.49. The average Bonchev–Trinajstić information content (AvgIpc) is 2.59. The lowest BCUT2D eigenvalue weighted by Gasteiger charge is -2.21. The molecule has 2 atom stereocenters. The van der Waals surface area contributed by atoms with Crippen LogP contribution < -0.4 is 4.90 Å². The minimum atomic E-state index is -0.745. The molecule has 1 fully saturated rings. The maximum Gasteiger partial charge on any atom is 0.0990 e. The highest BCUT2D eigenvalue weighted by atomic mass is 35.5. The SMILES string of the molecule is OCc1c(Cl)cccc1N1CC(O)C(O)C1. The van der Waals surface area contributed by atoms with Crippen LogP contribution in [0.1, 0.15) is 5.56 Å². The van der Waals surface area contributed by atoms with Crippen LogP contribution in [0.5, 0.6) is 0 Å². The standard InChI is InChI=1S/C11H14ClNO3/c12-8-2-1-3-9(7(8)6-14)13-4-10(15)11(16)5-13/h1-3,10-11,14-16H,4-6H2. The minimum Gasteiger partial charge on any atom is -0.392 e. The Balaban J connectivity index is 2.31. The van der Waals surface area contributed by atoms with Crippen molar-refractivity contribution in [1.29, 1.82) is 0 Å². The smallest absolute Gasteiger partial charge is 0.0990 e. The van der Waals surface area contributed by atoms with Gasteiger partial charge >= 0.3 is 0 Å². The summed E-state index contributed by atoms with van der Waals surface area (Å²) in [5.41, 5.74) is 1.40. The lowest BCUT2D eigenvalue weighted by Crippen LogP contribution is -2.22. The van der Waals surface area contributed by atoms with Crippen molar-refractivity contribution in [3.05, 3.63) is 28.8 Å². The molecule has 1 aromatic carbocycles. The van der Waals surface area contributed by atoms with Crippen LogP contribution in [0.4, 0.5) is 5.69 Å². The van der Waals surface area contributed by atoms with E-state index in [9.17, 15) is 15.3 Å². The second-order valence-electron chi connectivity index (χ2n) is 3.94. The van der Waals surface area contributed by atoms with Crippen molar-refractivity contribution in [2.45, 2.75) is 18.8 Å². The van der Waals surface area contributed by atoms with Crippen molar-refractivity contribution in [3.8, 4) is 0 Å².